The highest BCUT2D eigenvalue weighted by Crippen LogP contribution is 2.34. The van der Waals surface area contributed by atoms with E-state index in [4.69, 9.17) is 9.26 Å². The van der Waals surface area contributed by atoms with Crippen molar-refractivity contribution in [2.24, 2.45) is 5.92 Å². The molecule has 3 fully saturated rings. The van der Waals surface area contributed by atoms with Crippen LogP contribution in [0, 0.1) is 12.8 Å². The summed E-state index contributed by atoms with van der Waals surface area (Å²) in [6, 6.07) is 9.53. The van der Waals surface area contributed by atoms with E-state index in [0.29, 0.717) is 30.9 Å². The van der Waals surface area contributed by atoms with Crippen LogP contribution in [0.15, 0.2) is 40.4 Å². The standard InChI is InChI=1S/C36H49N5O4S/c1-23(2)33(31-21-32(39-45-31)40-19-16-29(17-20-40)44-28-9-6-5-7-10-28)36(43)41-18-8-11-30(41)35(42)38-24(3)26-12-14-27(15-13-26)34-25(4)37-22-46-34/h12-15,21-24,28-30,33H,5-11,16-20H2,1-4H3,(H,38,42). The maximum Gasteiger partial charge on any atom is 0.243 e. The molecule has 248 valence electrons. The molecule has 3 aromatic rings. The molecule has 1 aliphatic carbocycles. The van der Waals surface area contributed by atoms with E-state index in [0.717, 1.165) is 59.9 Å². The minimum atomic E-state index is -0.499. The van der Waals surface area contributed by atoms with E-state index in [1.165, 1.54) is 32.1 Å². The fraction of sp³-hybridized carbons (Fsp3) is 0.611. The summed E-state index contributed by atoms with van der Waals surface area (Å²) in [4.78, 5) is 37.2. The van der Waals surface area contributed by atoms with Gasteiger partial charge in [-0.2, -0.15) is 0 Å². The van der Waals surface area contributed by atoms with Crippen molar-refractivity contribution in [3.63, 3.8) is 0 Å². The second-order valence-electron chi connectivity index (χ2n) is 13.7. The van der Waals surface area contributed by atoms with Gasteiger partial charge in [0.15, 0.2) is 11.6 Å². The zero-order valence-corrected chi connectivity index (χ0v) is 28.6. The van der Waals surface area contributed by atoms with Crippen LogP contribution in [0.3, 0.4) is 0 Å². The van der Waals surface area contributed by atoms with E-state index in [2.05, 4.69) is 44.6 Å². The number of rotatable bonds is 10. The number of aryl methyl sites for hydroxylation is 1. The molecule has 2 aliphatic heterocycles. The first-order valence-electron chi connectivity index (χ1n) is 17.3. The van der Waals surface area contributed by atoms with Crippen LogP contribution in [-0.4, -0.2) is 64.7 Å². The van der Waals surface area contributed by atoms with Gasteiger partial charge in [0.2, 0.25) is 11.8 Å². The molecule has 3 unspecified atom stereocenters. The highest BCUT2D eigenvalue weighted by Gasteiger charge is 2.40. The zero-order valence-electron chi connectivity index (χ0n) is 27.7. The van der Waals surface area contributed by atoms with Crippen LogP contribution in [0.5, 0.6) is 0 Å². The molecular formula is C36H49N5O4S. The third kappa shape index (κ3) is 7.33. The van der Waals surface area contributed by atoms with Gasteiger partial charge in [0.05, 0.1) is 34.3 Å². The van der Waals surface area contributed by atoms with E-state index < -0.39 is 12.0 Å². The smallest absolute Gasteiger partial charge is 0.243 e. The molecule has 3 atom stereocenters. The van der Waals surface area contributed by atoms with E-state index in [1.54, 1.807) is 16.2 Å². The number of amides is 2. The van der Waals surface area contributed by atoms with Crippen LogP contribution >= 0.6 is 11.3 Å². The average Bonchev–Trinajstić information content (AvgIpc) is 3.84. The lowest BCUT2D eigenvalue weighted by Crippen LogP contribution is -2.48. The Labute approximate surface area is 277 Å². The van der Waals surface area contributed by atoms with Gasteiger partial charge in [0.1, 0.15) is 12.0 Å². The molecule has 4 heterocycles. The summed E-state index contributed by atoms with van der Waals surface area (Å²) < 4.78 is 12.3. The Hall–Kier alpha value is -3.24. The van der Waals surface area contributed by atoms with Crippen molar-refractivity contribution in [3.8, 4) is 10.4 Å². The van der Waals surface area contributed by atoms with Crippen LogP contribution in [0.2, 0.25) is 0 Å². The number of piperidine rings is 1. The lowest BCUT2D eigenvalue weighted by atomic mass is 9.91. The van der Waals surface area contributed by atoms with Crippen molar-refractivity contribution in [2.45, 2.75) is 116 Å². The van der Waals surface area contributed by atoms with Crippen molar-refractivity contribution < 1.29 is 18.8 Å². The van der Waals surface area contributed by atoms with Gasteiger partial charge in [-0.3, -0.25) is 9.59 Å². The maximum absolute atomic E-state index is 14.1. The van der Waals surface area contributed by atoms with Gasteiger partial charge in [0, 0.05) is 25.7 Å². The number of nitrogens with zero attached hydrogens (tertiary/aromatic N) is 4. The SMILES string of the molecule is Cc1ncsc1-c1ccc(C(C)NC(=O)C2CCCN2C(=O)C(c2cc(N3CCC(OC4CCCCC4)CC3)no2)C(C)C)cc1. The van der Waals surface area contributed by atoms with Gasteiger partial charge in [-0.25, -0.2) is 4.98 Å². The number of hydrogen-bond donors (Lipinski definition) is 1. The minimum absolute atomic E-state index is 0.00754. The van der Waals surface area contributed by atoms with Gasteiger partial charge in [-0.15, -0.1) is 11.3 Å². The molecule has 2 saturated heterocycles. The first-order valence-corrected chi connectivity index (χ1v) is 18.1. The predicted octanol–water partition coefficient (Wildman–Crippen LogP) is 7.03. The number of ether oxygens (including phenoxy) is 1. The second kappa shape index (κ2) is 14.7. The van der Waals surface area contributed by atoms with Crippen LogP contribution < -0.4 is 10.2 Å². The monoisotopic (exact) mass is 647 g/mol. The topological polar surface area (TPSA) is 101 Å². The lowest BCUT2D eigenvalue weighted by molar-refractivity contribution is -0.141. The van der Waals surface area contributed by atoms with Gasteiger partial charge in [-0.05, 0) is 69.4 Å². The van der Waals surface area contributed by atoms with Crippen LogP contribution in [-0.2, 0) is 14.3 Å². The summed E-state index contributed by atoms with van der Waals surface area (Å²) in [5.41, 5.74) is 5.02. The largest absolute Gasteiger partial charge is 0.375 e. The Morgan fingerprint density at radius 1 is 0.957 bits per heavy atom. The summed E-state index contributed by atoms with van der Waals surface area (Å²) in [7, 11) is 0. The number of benzene rings is 1. The maximum atomic E-state index is 14.1. The summed E-state index contributed by atoms with van der Waals surface area (Å²) in [5.74, 6) is 0.678. The van der Waals surface area contributed by atoms with Crippen molar-refractivity contribution in [3.05, 3.63) is 52.9 Å². The van der Waals surface area contributed by atoms with Crippen molar-refractivity contribution >= 4 is 29.0 Å². The Balaban J connectivity index is 1.06. The number of thiazole rings is 1. The van der Waals surface area contributed by atoms with Crippen LogP contribution in [0.1, 0.15) is 108 Å². The number of likely N-dealkylation sites (tertiary alicyclic amines) is 1. The molecule has 46 heavy (non-hydrogen) atoms. The number of anilines is 1. The van der Waals surface area contributed by atoms with Crippen LogP contribution in [0.4, 0.5) is 5.82 Å². The second-order valence-corrected chi connectivity index (χ2v) is 14.6. The summed E-state index contributed by atoms with van der Waals surface area (Å²) >= 11 is 1.63. The molecule has 2 aromatic heterocycles. The van der Waals surface area contributed by atoms with E-state index in [1.807, 2.05) is 39.3 Å². The molecule has 3 aliphatic rings. The highest BCUT2D eigenvalue weighted by molar-refractivity contribution is 7.13. The first-order chi connectivity index (χ1) is 22.3. The van der Waals surface area contributed by atoms with Crippen molar-refractivity contribution in [1.29, 1.82) is 0 Å². The fourth-order valence-electron chi connectivity index (χ4n) is 7.38. The summed E-state index contributed by atoms with van der Waals surface area (Å²) in [6.07, 6.45) is 10.4. The number of carbonyl (C=O) groups is 2. The van der Waals surface area contributed by atoms with Gasteiger partial charge < -0.3 is 24.4 Å². The molecule has 1 N–H and O–H groups in total. The molecular weight excluding hydrogens is 598 g/mol. The molecule has 0 spiro atoms. The van der Waals surface area contributed by atoms with Crippen molar-refractivity contribution in [1.82, 2.24) is 20.4 Å². The Morgan fingerprint density at radius 3 is 2.35 bits per heavy atom. The third-order valence-corrected chi connectivity index (χ3v) is 11.1. The van der Waals surface area contributed by atoms with Gasteiger partial charge in [0.25, 0.3) is 0 Å². The Bertz CT molecular complexity index is 1450. The first kappa shape index (κ1) is 32.7. The predicted molar refractivity (Wildman–Crippen MR) is 181 cm³/mol. The average molecular weight is 648 g/mol. The number of nitrogens with one attached hydrogen (secondary N) is 1. The molecule has 10 heteroatoms. The molecule has 1 saturated carbocycles. The molecule has 2 amide bonds. The Kier molecular flexibility index (Phi) is 10.4. The van der Waals surface area contributed by atoms with Crippen molar-refractivity contribution in [2.75, 3.05) is 24.5 Å². The summed E-state index contributed by atoms with van der Waals surface area (Å²) in [5, 5.41) is 7.58. The van der Waals surface area contributed by atoms with E-state index in [9.17, 15) is 9.59 Å². The highest BCUT2D eigenvalue weighted by atomic mass is 32.1. The molecule has 6 rings (SSSR count). The van der Waals surface area contributed by atoms with E-state index >= 15 is 0 Å². The molecule has 1 aromatic carbocycles. The Morgan fingerprint density at radius 2 is 1.67 bits per heavy atom. The van der Waals surface area contributed by atoms with E-state index in [-0.39, 0.29) is 23.8 Å². The normalized spacial score (nSPS) is 21.1. The van der Waals surface area contributed by atoms with Gasteiger partial charge >= 0.3 is 0 Å². The number of aromatic nitrogens is 2. The fourth-order valence-corrected chi connectivity index (χ4v) is 8.19. The summed E-state index contributed by atoms with van der Waals surface area (Å²) in [6.45, 7) is 10.4. The minimum Gasteiger partial charge on any atom is -0.375 e. The number of carbonyl (C=O) groups excluding carboxylic acids is 2. The quantitative estimate of drug-likeness (QED) is 0.252. The number of hydrogen-bond acceptors (Lipinski definition) is 8. The van der Waals surface area contributed by atoms with Gasteiger partial charge in [-0.1, -0.05) is 62.5 Å². The molecule has 9 nitrogen and oxygen atoms in total. The third-order valence-electron chi connectivity index (χ3n) is 10.1. The van der Waals surface area contributed by atoms with Crippen LogP contribution in [0.25, 0.3) is 10.4 Å². The molecule has 0 bridgehead atoms. The zero-order chi connectivity index (χ0) is 32.2. The molecule has 0 radical (unpaired) electrons. The lowest BCUT2D eigenvalue weighted by Gasteiger charge is -2.34.